The third-order valence-electron chi connectivity index (χ3n) is 3.11. The van der Waals surface area contributed by atoms with Crippen molar-refractivity contribution in [2.24, 2.45) is 0 Å². The highest BCUT2D eigenvalue weighted by molar-refractivity contribution is 7.07. The van der Waals surface area contributed by atoms with E-state index in [-0.39, 0.29) is 6.04 Å². The predicted molar refractivity (Wildman–Crippen MR) is 74.8 cm³/mol. The molecule has 5 heteroatoms. The van der Waals surface area contributed by atoms with Gasteiger partial charge in [0.1, 0.15) is 17.5 Å². The van der Waals surface area contributed by atoms with Crippen LogP contribution in [0.5, 0.6) is 0 Å². The monoisotopic (exact) mass is 260 g/mol. The molecular formula is C13H16N4S. The molecule has 1 atom stereocenters. The van der Waals surface area contributed by atoms with Gasteiger partial charge in [0, 0.05) is 12.0 Å². The van der Waals surface area contributed by atoms with Crippen LogP contribution in [-0.2, 0) is 0 Å². The average molecular weight is 260 g/mol. The van der Waals surface area contributed by atoms with Gasteiger partial charge in [-0.15, -0.1) is 0 Å². The largest absolute Gasteiger partial charge is 0.384 e. The Labute approximate surface area is 110 Å². The smallest absolute Gasteiger partial charge is 0.136 e. The predicted octanol–water partition coefficient (Wildman–Crippen LogP) is 3.17. The molecule has 2 aromatic heterocycles. The van der Waals surface area contributed by atoms with Crippen molar-refractivity contribution < 1.29 is 0 Å². The zero-order chi connectivity index (χ0) is 12.5. The van der Waals surface area contributed by atoms with Crippen molar-refractivity contribution in [2.75, 3.05) is 11.1 Å². The number of nitrogens with zero attached hydrogens (tertiary/aromatic N) is 2. The molecule has 1 fully saturated rings. The SMILES string of the molecule is CC(Nc1cc(N)nc(C2CC2)n1)c1ccsc1. The summed E-state index contributed by atoms with van der Waals surface area (Å²) >= 11 is 1.70. The minimum atomic E-state index is 0.234. The van der Waals surface area contributed by atoms with E-state index in [1.165, 1.54) is 18.4 Å². The molecule has 0 saturated heterocycles. The summed E-state index contributed by atoms with van der Waals surface area (Å²) in [7, 11) is 0. The van der Waals surface area contributed by atoms with E-state index in [0.717, 1.165) is 11.6 Å². The molecule has 2 heterocycles. The number of anilines is 2. The molecule has 0 aromatic carbocycles. The molecule has 4 nitrogen and oxygen atoms in total. The summed E-state index contributed by atoms with van der Waals surface area (Å²) in [4.78, 5) is 8.84. The summed E-state index contributed by atoms with van der Waals surface area (Å²) in [6.07, 6.45) is 2.37. The number of nitrogens with one attached hydrogen (secondary N) is 1. The Morgan fingerprint density at radius 3 is 2.94 bits per heavy atom. The van der Waals surface area contributed by atoms with Crippen molar-refractivity contribution in [1.29, 1.82) is 0 Å². The Kier molecular flexibility index (Phi) is 2.91. The molecule has 2 aromatic rings. The minimum absolute atomic E-state index is 0.234. The standard InChI is InChI=1S/C13H16N4S/c1-8(10-4-5-18-7-10)15-12-6-11(14)16-13(17-12)9-2-3-9/h4-9H,2-3H2,1H3,(H3,14,15,16,17). The highest BCUT2D eigenvalue weighted by Gasteiger charge is 2.27. The van der Waals surface area contributed by atoms with Gasteiger partial charge in [-0.3, -0.25) is 0 Å². The van der Waals surface area contributed by atoms with Gasteiger partial charge in [-0.2, -0.15) is 11.3 Å². The van der Waals surface area contributed by atoms with Crippen LogP contribution in [0.1, 0.15) is 43.1 Å². The third kappa shape index (κ3) is 2.46. The molecule has 0 aliphatic heterocycles. The van der Waals surface area contributed by atoms with E-state index in [0.29, 0.717) is 11.7 Å². The fraction of sp³-hybridized carbons (Fsp3) is 0.385. The number of thiophene rings is 1. The van der Waals surface area contributed by atoms with Crippen molar-refractivity contribution >= 4 is 23.0 Å². The van der Waals surface area contributed by atoms with E-state index in [1.807, 2.05) is 0 Å². The van der Waals surface area contributed by atoms with Crippen LogP contribution in [0.2, 0.25) is 0 Å². The van der Waals surface area contributed by atoms with Crippen molar-refractivity contribution in [2.45, 2.75) is 31.7 Å². The molecule has 3 N–H and O–H groups in total. The van der Waals surface area contributed by atoms with Crippen molar-refractivity contribution in [1.82, 2.24) is 9.97 Å². The Morgan fingerprint density at radius 1 is 1.44 bits per heavy atom. The fourth-order valence-corrected chi connectivity index (χ4v) is 2.66. The van der Waals surface area contributed by atoms with Crippen molar-refractivity contribution in [3.8, 4) is 0 Å². The summed E-state index contributed by atoms with van der Waals surface area (Å²) in [6.45, 7) is 2.12. The Hall–Kier alpha value is -1.62. The highest BCUT2D eigenvalue weighted by Crippen LogP contribution is 2.38. The first-order valence-electron chi connectivity index (χ1n) is 6.15. The van der Waals surface area contributed by atoms with E-state index in [1.54, 1.807) is 17.4 Å². The zero-order valence-corrected chi connectivity index (χ0v) is 11.1. The second-order valence-corrected chi connectivity index (χ2v) is 5.51. The first-order valence-corrected chi connectivity index (χ1v) is 7.10. The first-order chi connectivity index (χ1) is 8.72. The minimum Gasteiger partial charge on any atom is -0.384 e. The number of hydrogen-bond acceptors (Lipinski definition) is 5. The van der Waals surface area contributed by atoms with Gasteiger partial charge < -0.3 is 11.1 Å². The van der Waals surface area contributed by atoms with Gasteiger partial charge in [-0.05, 0) is 42.2 Å². The molecule has 0 spiro atoms. The second kappa shape index (κ2) is 4.57. The van der Waals surface area contributed by atoms with Crippen LogP contribution in [-0.4, -0.2) is 9.97 Å². The van der Waals surface area contributed by atoms with Crippen LogP contribution in [0.25, 0.3) is 0 Å². The van der Waals surface area contributed by atoms with Gasteiger partial charge in [0.2, 0.25) is 0 Å². The van der Waals surface area contributed by atoms with Gasteiger partial charge in [0.25, 0.3) is 0 Å². The van der Waals surface area contributed by atoms with E-state index >= 15 is 0 Å². The first kappa shape index (κ1) is 11.5. The Balaban J connectivity index is 1.79. The molecular weight excluding hydrogens is 244 g/mol. The lowest BCUT2D eigenvalue weighted by Gasteiger charge is -2.14. The van der Waals surface area contributed by atoms with Gasteiger partial charge in [-0.1, -0.05) is 0 Å². The number of rotatable bonds is 4. The topological polar surface area (TPSA) is 63.8 Å². The van der Waals surface area contributed by atoms with E-state index in [4.69, 9.17) is 5.73 Å². The number of hydrogen-bond donors (Lipinski definition) is 2. The summed E-state index contributed by atoms with van der Waals surface area (Å²) in [5.74, 6) is 2.77. The molecule has 1 unspecified atom stereocenters. The lowest BCUT2D eigenvalue weighted by atomic mass is 10.2. The number of nitrogen functional groups attached to an aromatic ring is 1. The lowest BCUT2D eigenvalue weighted by molar-refractivity contribution is 0.859. The number of nitrogens with two attached hydrogens (primary N) is 1. The molecule has 1 saturated carbocycles. The van der Waals surface area contributed by atoms with Crippen LogP contribution in [0.4, 0.5) is 11.6 Å². The van der Waals surface area contributed by atoms with Gasteiger partial charge in [0.15, 0.2) is 0 Å². The molecule has 1 aliphatic carbocycles. The quantitative estimate of drug-likeness (QED) is 0.886. The van der Waals surface area contributed by atoms with Crippen molar-refractivity contribution in [3.05, 3.63) is 34.3 Å². The highest BCUT2D eigenvalue weighted by atomic mass is 32.1. The molecule has 3 rings (SSSR count). The van der Waals surface area contributed by atoms with Gasteiger partial charge >= 0.3 is 0 Å². The maximum absolute atomic E-state index is 5.83. The van der Waals surface area contributed by atoms with Gasteiger partial charge in [0.05, 0.1) is 6.04 Å². The van der Waals surface area contributed by atoms with E-state index in [9.17, 15) is 0 Å². The third-order valence-corrected chi connectivity index (χ3v) is 3.81. The average Bonchev–Trinajstić information content (AvgIpc) is 3.03. The van der Waals surface area contributed by atoms with Crippen LogP contribution in [0, 0.1) is 0 Å². The molecule has 0 amide bonds. The summed E-state index contributed by atoms with van der Waals surface area (Å²) in [6, 6.07) is 4.15. The summed E-state index contributed by atoms with van der Waals surface area (Å²) < 4.78 is 0. The molecule has 0 bridgehead atoms. The molecule has 1 aliphatic rings. The Bertz CT molecular complexity index is 534. The van der Waals surface area contributed by atoms with Gasteiger partial charge in [-0.25, -0.2) is 9.97 Å². The van der Waals surface area contributed by atoms with Crippen LogP contribution < -0.4 is 11.1 Å². The fourth-order valence-electron chi connectivity index (χ4n) is 1.91. The molecule has 18 heavy (non-hydrogen) atoms. The number of aromatic nitrogens is 2. The Morgan fingerprint density at radius 2 is 2.28 bits per heavy atom. The lowest BCUT2D eigenvalue weighted by Crippen LogP contribution is -2.09. The van der Waals surface area contributed by atoms with Crippen molar-refractivity contribution in [3.63, 3.8) is 0 Å². The normalized spacial score (nSPS) is 16.5. The van der Waals surface area contributed by atoms with E-state index < -0.39 is 0 Å². The maximum Gasteiger partial charge on any atom is 0.136 e. The van der Waals surface area contributed by atoms with Crippen LogP contribution >= 0.6 is 11.3 Å². The summed E-state index contributed by atoms with van der Waals surface area (Å²) in [5.41, 5.74) is 7.10. The van der Waals surface area contributed by atoms with Crippen LogP contribution in [0.15, 0.2) is 22.9 Å². The molecule has 0 radical (unpaired) electrons. The second-order valence-electron chi connectivity index (χ2n) is 4.73. The zero-order valence-electron chi connectivity index (χ0n) is 10.3. The van der Waals surface area contributed by atoms with Crippen LogP contribution in [0.3, 0.4) is 0 Å². The summed E-state index contributed by atoms with van der Waals surface area (Å²) in [5, 5.41) is 7.61. The van der Waals surface area contributed by atoms with E-state index in [2.05, 4.69) is 39.0 Å². The maximum atomic E-state index is 5.83. The molecule has 94 valence electrons.